The Labute approximate surface area is 121 Å². The van der Waals surface area contributed by atoms with Crippen molar-refractivity contribution in [2.75, 3.05) is 17.6 Å². The van der Waals surface area contributed by atoms with Gasteiger partial charge in [-0.25, -0.2) is 4.68 Å². The van der Waals surface area contributed by atoms with Crippen molar-refractivity contribution in [3.63, 3.8) is 0 Å². The normalized spacial score (nSPS) is 17.9. The first-order chi connectivity index (χ1) is 9.20. The van der Waals surface area contributed by atoms with E-state index in [0.717, 1.165) is 41.1 Å². The van der Waals surface area contributed by atoms with Gasteiger partial charge in [0.15, 0.2) is 0 Å². The molecule has 1 aliphatic heterocycles. The molecule has 100 valence electrons. The van der Waals surface area contributed by atoms with Crippen LogP contribution in [0.4, 0.5) is 11.5 Å². The molecule has 3 rings (SSSR count). The van der Waals surface area contributed by atoms with Crippen LogP contribution in [0.2, 0.25) is 0 Å². The van der Waals surface area contributed by atoms with E-state index in [-0.39, 0.29) is 6.04 Å². The Hall–Kier alpha value is -1.49. The molecule has 0 fully saturated rings. The number of nitrogens with two attached hydrogens (primary N) is 1. The summed E-state index contributed by atoms with van der Waals surface area (Å²) in [5.41, 5.74) is 9.02. The Balaban J connectivity index is 2.07. The van der Waals surface area contributed by atoms with E-state index in [0.29, 0.717) is 0 Å². The largest absolute Gasteiger partial charge is 0.399 e. The molecule has 0 saturated carbocycles. The molecule has 19 heavy (non-hydrogen) atoms. The van der Waals surface area contributed by atoms with Crippen molar-refractivity contribution in [1.82, 2.24) is 9.78 Å². The van der Waals surface area contributed by atoms with Crippen molar-refractivity contribution in [2.45, 2.75) is 25.8 Å². The van der Waals surface area contributed by atoms with Crippen molar-refractivity contribution in [3.8, 4) is 0 Å². The summed E-state index contributed by atoms with van der Waals surface area (Å²) in [6, 6.07) is 8.35. The Kier molecular flexibility index (Phi) is 3.22. The van der Waals surface area contributed by atoms with Crippen LogP contribution >= 0.6 is 15.9 Å². The lowest BCUT2D eigenvalue weighted by Gasteiger charge is -2.26. The number of aryl methyl sites for hydroxylation is 1. The smallest absolute Gasteiger partial charge is 0.139 e. The Morgan fingerprint density at radius 1 is 1.53 bits per heavy atom. The van der Waals surface area contributed by atoms with Gasteiger partial charge in [-0.05, 0) is 46.5 Å². The second-order valence-electron chi connectivity index (χ2n) is 4.81. The Bertz CT molecular complexity index is 605. The zero-order valence-corrected chi connectivity index (χ0v) is 12.4. The first-order valence-electron chi connectivity index (χ1n) is 6.57. The Morgan fingerprint density at radius 3 is 3.11 bits per heavy atom. The van der Waals surface area contributed by atoms with E-state index >= 15 is 0 Å². The first-order valence-corrected chi connectivity index (χ1v) is 7.36. The molecule has 0 saturated heterocycles. The number of nitrogens with one attached hydrogen (secondary N) is 1. The summed E-state index contributed by atoms with van der Waals surface area (Å²) in [6.07, 6.45) is 1.94. The fourth-order valence-corrected chi connectivity index (χ4v) is 3.28. The van der Waals surface area contributed by atoms with Gasteiger partial charge in [-0.3, -0.25) is 0 Å². The number of benzene rings is 1. The molecule has 3 N–H and O–H groups in total. The monoisotopic (exact) mass is 320 g/mol. The van der Waals surface area contributed by atoms with Gasteiger partial charge in [-0.2, -0.15) is 5.10 Å². The number of halogens is 1. The number of nitrogens with zero attached hydrogens (tertiary/aromatic N) is 2. The van der Waals surface area contributed by atoms with Crippen LogP contribution in [0.1, 0.15) is 30.6 Å². The number of nitrogen functional groups attached to an aromatic ring is 1. The molecule has 4 nitrogen and oxygen atoms in total. The van der Waals surface area contributed by atoms with Gasteiger partial charge in [-0.15, -0.1) is 0 Å². The minimum Gasteiger partial charge on any atom is -0.399 e. The highest BCUT2D eigenvalue weighted by molar-refractivity contribution is 9.10. The van der Waals surface area contributed by atoms with Gasteiger partial charge >= 0.3 is 0 Å². The highest BCUT2D eigenvalue weighted by atomic mass is 79.9. The molecule has 1 aliphatic rings. The van der Waals surface area contributed by atoms with Gasteiger partial charge < -0.3 is 11.1 Å². The molecule has 1 aromatic heterocycles. The average molecular weight is 321 g/mol. The SMILES string of the molecule is CCc1nn2c(c1Br)NCCC2c1cccc(N)c1. The van der Waals surface area contributed by atoms with Crippen LogP contribution < -0.4 is 11.1 Å². The van der Waals surface area contributed by atoms with E-state index in [1.807, 2.05) is 18.2 Å². The molecule has 0 aliphatic carbocycles. The molecule has 2 aromatic rings. The van der Waals surface area contributed by atoms with E-state index in [2.05, 4.69) is 38.9 Å². The highest BCUT2D eigenvalue weighted by Gasteiger charge is 2.26. The van der Waals surface area contributed by atoms with Crippen molar-refractivity contribution in [2.24, 2.45) is 0 Å². The predicted molar refractivity (Wildman–Crippen MR) is 81.4 cm³/mol. The highest BCUT2D eigenvalue weighted by Crippen LogP contribution is 2.36. The maximum Gasteiger partial charge on any atom is 0.139 e. The molecule has 5 heteroatoms. The van der Waals surface area contributed by atoms with E-state index < -0.39 is 0 Å². The number of hydrogen-bond donors (Lipinski definition) is 2. The molecule has 0 bridgehead atoms. The van der Waals surface area contributed by atoms with Gasteiger partial charge in [-0.1, -0.05) is 19.1 Å². The lowest BCUT2D eigenvalue weighted by atomic mass is 10.0. The van der Waals surface area contributed by atoms with Crippen LogP contribution in [0.15, 0.2) is 28.7 Å². The van der Waals surface area contributed by atoms with Gasteiger partial charge in [0, 0.05) is 12.2 Å². The minimum absolute atomic E-state index is 0.261. The fraction of sp³-hybridized carbons (Fsp3) is 0.357. The third-order valence-corrected chi connectivity index (χ3v) is 4.39. The third kappa shape index (κ3) is 2.12. The van der Waals surface area contributed by atoms with Crippen molar-refractivity contribution < 1.29 is 0 Å². The molecule has 1 aromatic carbocycles. The van der Waals surface area contributed by atoms with E-state index in [1.54, 1.807) is 0 Å². The molecule has 2 heterocycles. The Morgan fingerprint density at radius 2 is 2.37 bits per heavy atom. The van der Waals surface area contributed by atoms with E-state index in [9.17, 15) is 0 Å². The summed E-state index contributed by atoms with van der Waals surface area (Å²) in [7, 11) is 0. The fourth-order valence-electron chi connectivity index (χ4n) is 2.59. The van der Waals surface area contributed by atoms with E-state index in [1.165, 1.54) is 5.56 Å². The van der Waals surface area contributed by atoms with Gasteiger partial charge in [0.05, 0.1) is 16.2 Å². The molecule has 0 radical (unpaired) electrons. The van der Waals surface area contributed by atoms with Gasteiger partial charge in [0.1, 0.15) is 5.82 Å². The molecule has 1 atom stereocenters. The zero-order valence-electron chi connectivity index (χ0n) is 10.9. The van der Waals surface area contributed by atoms with Gasteiger partial charge in [0.2, 0.25) is 0 Å². The summed E-state index contributed by atoms with van der Waals surface area (Å²) < 4.78 is 3.17. The average Bonchev–Trinajstić information content (AvgIpc) is 2.75. The van der Waals surface area contributed by atoms with Crippen LogP contribution in [0.3, 0.4) is 0 Å². The van der Waals surface area contributed by atoms with Crippen LogP contribution in [-0.2, 0) is 6.42 Å². The summed E-state index contributed by atoms with van der Waals surface area (Å²) in [4.78, 5) is 0. The lowest BCUT2D eigenvalue weighted by molar-refractivity contribution is 0.478. The standard InChI is InChI=1S/C14H17BrN4/c1-2-11-13(15)14-17-7-6-12(19(14)18-11)9-4-3-5-10(16)8-9/h3-5,8,12,17H,2,6-7,16H2,1H3. The summed E-state index contributed by atoms with van der Waals surface area (Å²) in [5.74, 6) is 1.08. The number of hydrogen-bond acceptors (Lipinski definition) is 3. The second-order valence-corrected chi connectivity index (χ2v) is 5.60. The summed E-state index contributed by atoms with van der Waals surface area (Å²) in [6.45, 7) is 3.07. The number of rotatable bonds is 2. The summed E-state index contributed by atoms with van der Waals surface area (Å²) in [5, 5.41) is 8.15. The van der Waals surface area contributed by atoms with Crippen molar-refractivity contribution >= 4 is 27.4 Å². The van der Waals surface area contributed by atoms with Gasteiger partial charge in [0.25, 0.3) is 0 Å². The molecular formula is C14H17BrN4. The zero-order chi connectivity index (χ0) is 13.4. The predicted octanol–water partition coefficient (Wildman–Crippen LogP) is 3.20. The van der Waals surface area contributed by atoms with Crippen molar-refractivity contribution in [3.05, 3.63) is 40.0 Å². The van der Waals surface area contributed by atoms with Crippen LogP contribution in [0.25, 0.3) is 0 Å². The molecular weight excluding hydrogens is 304 g/mol. The van der Waals surface area contributed by atoms with Crippen LogP contribution in [0.5, 0.6) is 0 Å². The number of fused-ring (bicyclic) bond motifs is 1. The summed E-state index contributed by atoms with van der Waals surface area (Å²) >= 11 is 3.64. The minimum atomic E-state index is 0.261. The van der Waals surface area contributed by atoms with Crippen LogP contribution in [0, 0.1) is 0 Å². The third-order valence-electron chi connectivity index (χ3n) is 3.55. The maximum atomic E-state index is 5.89. The number of aromatic nitrogens is 2. The topological polar surface area (TPSA) is 55.9 Å². The van der Waals surface area contributed by atoms with Crippen molar-refractivity contribution in [1.29, 1.82) is 0 Å². The molecule has 0 amide bonds. The lowest BCUT2D eigenvalue weighted by Crippen LogP contribution is -2.24. The first kappa shape index (κ1) is 12.5. The molecule has 0 spiro atoms. The quantitative estimate of drug-likeness (QED) is 0.835. The maximum absolute atomic E-state index is 5.89. The molecule has 1 unspecified atom stereocenters. The second kappa shape index (κ2) is 4.89. The van der Waals surface area contributed by atoms with E-state index in [4.69, 9.17) is 10.8 Å². The number of anilines is 2. The van der Waals surface area contributed by atoms with Crippen LogP contribution in [-0.4, -0.2) is 16.3 Å².